The van der Waals surface area contributed by atoms with Crippen LogP contribution in [-0.2, 0) is 0 Å². The molecule has 0 amide bonds. The molecule has 2 aromatic carbocycles. The monoisotopic (exact) mass is 541 g/mol. The van der Waals surface area contributed by atoms with Crippen molar-refractivity contribution in [1.82, 2.24) is 9.66 Å². The quantitative estimate of drug-likeness (QED) is 0.265. The molecular formula is C26H25BrClN3O3. The highest BCUT2D eigenvalue weighted by molar-refractivity contribution is 9.10. The molecule has 3 aromatic rings. The molecule has 1 heterocycles. The third kappa shape index (κ3) is 5.29. The Labute approximate surface area is 212 Å². The number of rotatable bonds is 7. The maximum absolute atomic E-state index is 13.5. The van der Waals surface area contributed by atoms with Gasteiger partial charge in [-0.2, -0.15) is 9.78 Å². The van der Waals surface area contributed by atoms with E-state index in [1.54, 1.807) is 24.4 Å². The first-order valence-electron chi connectivity index (χ1n) is 11.3. The van der Waals surface area contributed by atoms with Crippen LogP contribution in [0.3, 0.4) is 0 Å². The molecule has 1 saturated carbocycles. The highest BCUT2D eigenvalue weighted by Crippen LogP contribution is 2.36. The fourth-order valence-corrected chi connectivity index (χ4v) is 4.84. The van der Waals surface area contributed by atoms with Gasteiger partial charge < -0.3 is 9.47 Å². The number of hydrogen-bond acceptors (Lipinski definition) is 5. The maximum atomic E-state index is 13.5. The van der Waals surface area contributed by atoms with Crippen molar-refractivity contribution in [2.45, 2.75) is 44.9 Å². The number of nitrogens with zero attached hydrogens (tertiary/aromatic N) is 3. The van der Waals surface area contributed by atoms with Crippen LogP contribution in [-0.4, -0.2) is 29.1 Å². The fourth-order valence-electron chi connectivity index (χ4n) is 4.21. The van der Waals surface area contributed by atoms with Crippen molar-refractivity contribution in [1.29, 1.82) is 0 Å². The zero-order valence-corrected chi connectivity index (χ0v) is 21.2. The average Bonchev–Trinajstić information content (AvgIpc) is 2.84. The molecule has 4 rings (SSSR count). The van der Waals surface area contributed by atoms with Gasteiger partial charge in [0, 0.05) is 10.4 Å². The first kappa shape index (κ1) is 24.3. The SMILES string of the molecule is C#CCOc1c(Cl)cc(C=Nn2c(C3CCCCC3)nc3ccc(Br)cc3c2=O)cc1OCC. The van der Waals surface area contributed by atoms with E-state index >= 15 is 0 Å². The molecule has 6 nitrogen and oxygen atoms in total. The van der Waals surface area contributed by atoms with Gasteiger partial charge in [-0.1, -0.05) is 52.7 Å². The summed E-state index contributed by atoms with van der Waals surface area (Å²) in [6.07, 6.45) is 12.3. The molecule has 1 aliphatic rings. The Morgan fingerprint density at radius 2 is 2.06 bits per heavy atom. The van der Waals surface area contributed by atoms with Gasteiger partial charge in [-0.25, -0.2) is 4.98 Å². The molecule has 0 N–H and O–H groups in total. The van der Waals surface area contributed by atoms with Crippen LogP contribution in [0.15, 0.2) is 44.7 Å². The number of aromatic nitrogens is 2. The van der Waals surface area contributed by atoms with Gasteiger partial charge in [0.1, 0.15) is 12.4 Å². The molecule has 1 aliphatic carbocycles. The number of fused-ring (bicyclic) bond motifs is 1. The zero-order valence-electron chi connectivity index (χ0n) is 18.9. The molecule has 0 radical (unpaired) electrons. The first-order chi connectivity index (χ1) is 16.5. The molecule has 0 unspecified atom stereocenters. The Morgan fingerprint density at radius 3 is 2.79 bits per heavy atom. The Kier molecular flexibility index (Phi) is 7.91. The van der Waals surface area contributed by atoms with Crippen LogP contribution >= 0.6 is 27.5 Å². The third-order valence-electron chi connectivity index (χ3n) is 5.76. The van der Waals surface area contributed by atoms with Crippen LogP contribution in [0.5, 0.6) is 11.5 Å². The fraction of sp³-hybridized carbons (Fsp3) is 0.346. The van der Waals surface area contributed by atoms with E-state index in [0.29, 0.717) is 45.4 Å². The predicted molar refractivity (Wildman–Crippen MR) is 139 cm³/mol. The lowest BCUT2D eigenvalue weighted by atomic mass is 9.88. The van der Waals surface area contributed by atoms with Crippen molar-refractivity contribution in [3.63, 3.8) is 0 Å². The molecule has 0 saturated heterocycles. The second kappa shape index (κ2) is 11.1. The maximum Gasteiger partial charge on any atom is 0.282 e. The summed E-state index contributed by atoms with van der Waals surface area (Å²) in [4.78, 5) is 18.3. The highest BCUT2D eigenvalue weighted by Gasteiger charge is 2.22. The summed E-state index contributed by atoms with van der Waals surface area (Å²) >= 11 is 9.90. The third-order valence-corrected chi connectivity index (χ3v) is 6.53. The highest BCUT2D eigenvalue weighted by atomic mass is 79.9. The van der Waals surface area contributed by atoms with Gasteiger partial charge in [0.05, 0.1) is 28.7 Å². The van der Waals surface area contributed by atoms with E-state index in [9.17, 15) is 4.79 Å². The summed E-state index contributed by atoms with van der Waals surface area (Å²) in [5, 5.41) is 5.44. The van der Waals surface area contributed by atoms with Crippen LogP contribution < -0.4 is 15.0 Å². The molecule has 34 heavy (non-hydrogen) atoms. The lowest BCUT2D eigenvalue weighted by Crippen LogP contribution is -2.25. The van der Waals surface area contributed by atoms with Gasteiger partial charge in [-0.3, -0.25) is 4.79 Å². The number of hydrogen-bond donors (Lipinski definition) is 0. The summed E-state index contributed by atoms with van der Waals surface area (Å²) in [5.74, 6) is 4.16. The van der Waals surface area contributed by atoms with Crippen LogP contribution in [0.2, 0.25) is 5.02 Å². The van der Waals surface area contributed by atoms with Gasteiger partial charge in [0.25, 0.3) is 5.56 Å². The summed E-state index contributed by atoms with van der Waals surface area (Å²) < 4.78 is 13.5. The average molecular weight is 543 g/mol. The zero-order chi connectivity index (χ0) is 24.1. The van der Waals surface area contributed by atoms with E-state index in [0.717, 1.165) is 30.2 Å². The van der Waals surface area contributed by atoms with Gasteiger partial charge in [-0.05, 0) is 55.7 Å². The minimum Gasteiger partial charge on any atom is -0.490 e. The van der Waals surface area contributed by atoms with Gasteiger partial charge in [-0.15, -0.1) is 6.42 Å². The smallest absolute Gasteiger partial charge is 0.282 e. The van der Waals surface area contributed by atoms with Gasteiger partial charge in [0.15, 0.2) is 11.5 Å². The lowest BCUT2D eigenvalue weighted by molar-refractivity contribution is 0.299. The van der Waals surface area contributed by atoms with E-state index in [2.05, 4.69) is 27.0 Å². The van der Waals surface area contributed by atoms with Crippen molar-refractivity contribution in [3.05, 3.63) is 61.6 Å². The summed E-state index contributed by atoms with van der Waals surface area (Å²) in [6, 6.07) is 9.01. The minimum atomic E-state index is -0.201. The van der Waals surface area contributed by atoms with E-state index in [1.165, 1.54) is 11.1 Å². The van der Waals surface area contributed by atoms with E-state index in [-0.39, 0.29) is 18.1 Å². The van der Waals surface area contributed by atoms with Crippen LogP contribution in [0.1, 0.15) is 56.3 Å². The number of terminal acetylenes is 1. The van der Waals surface area contributed by atoms with E-state index < -0.39 is 0 Å². The van der Waals surface area contributed by atoms with Crippen molar-refractivity contribution < 1.29 is 9.47 Å². The van der Waals surface area contributed by atoms with Gasteiger partial charge >= 0.3 is 0 Å². The largest absolute Gasteiger partial charge is 0.490 e. The predicted octanol–water partition coefficient (Wildman–Crippen LogP) is 6.15. The second-order valence-electron chi connectivity index (χ2n) is 8.08. The van der Waals surface area contributed by atoms with Crippen molar-refractivity contribution in [2.75, 3.05) is 13.2 Å². The molecule has 0 spiro atoms. The van der Waals surface area contributed by atoms with Crippen molar-refractivity contribution in [2.24, 2.45) is 5.10 Å². The first-order valence-corrected chi connectivity index (χ1v) is 12.5. The molecule has 0 bridgehead atoms. The molecule has 176 valence electrons. The minimum absolute atomic E-state index is 0.0751. The molecule has 0 atom stereocenters. The number of ether oxygens (including phenoxy) is 2. The summed E-state index contributed by atoms with van der Waals surface area (Å²) in [5.41, 5.74) is 1.14. The summed E-state index contributed by atoms with van der Waals surface area (Å²) in [7, 11) is 0. The number of benzene rings is 2. The number of halogens is 2. The van der Waals surface area contributed by atoms with Crippen LogP contribution in [0, 0.1) is 12.3 Å². The van der Waals surface area contributed by atoms with Gasteiger partial charge in [0.2, 0.25) is 0 Å². The molecule has 0 aliphatic heterocycles. The Hall–Kier alpha value is -2.82. The van der Waals surface area contributed by atoms with Crippen molar-refractivity contribution >= 4 is 44.6 Å². The van der Waals surface area contributed by atoms with E-state index in [1.807, 2.05) is 19.1 Å². The molecule has 1 fully saturated rings. The summed E-state index contributed by atoms with van der Waals surface area (Å²) in [6.45, 7) is 2.37. The Morgan fingerprint density at radius 1 is 1.26 bits per heavy atom. The normalized spacial score (nSPS) is 14.4. The standard InChI is InChI=1S/C26H25BrClN3O3/c1-3-12-34-24-21(28)13-17(14-23(24)33-4-2)16-29-31-25(18-8-6-5-7-9-18)30-22-11-10-19(27)15-20(22)26(31)32/h1,10-11,13-16,18H,4-9,12H2,2H3. The molecular weight excluding hydrogens is 518 g/mol. The second-order valence-corrected chi connectivity index (χ2v) is 9.41. The van der Waals surface area contributed by atoms with E-state index in [4.69, 9.17) is 32.5 Å². The van der Waals surface area contributed by atoms with Crippen molar-refractivity contribution in [3.8, 4) is 23.8 Å². The topological polar surface area (TPSA) is 65.7 Å². The van der Waals surface area contributed by atoms with Crippen LogP contribution in [0.4, 0.5) is 0 Å². The van der Waals surface area contributed by atoms with Crippen LogP contribution in [0.25, 0.3) is 10.9 Å². The Balaban J connectivity index is 1.80. The molecule has 8 heteroatoms. The Bertz CT molecular complexity index is 1320. The molecule has 1 aromatic heterocycles. The lowest BCUT2D eigenvalue weighted by Gasteiger charge is -2.22.